The maximum atomic E-state index is 13.2. The van der Waals surface area contributed by atoms with E-state index < -0.39 is 23.7 Å². The molecule has 0 unspecified atom stereocenters. The largest absolute Gasteiger partial charge is 0.493 e. The predicted molar refractivity (Wildman–Crippen MR) is 107 cm³/mol. The van der Waals surface area contributed by atoms with Gasteiger partial charge in [0.25, 0.3) is 11.8 Å². The standard InChI is InChI=1S/C20H13BrFN3O5/c1-29-16-10-11(9-15(21)17(16)30-7-6-23)8-14-18(26)24-20(28)25(19(14)27)13-4-2-12(22)3-5-13/h2-5,8-10H,7H2,1H3,(H,24,26,28)/b14-8+. The third kappa shape index (κ3) is 4.16. The summed E-state index contributed by atoms with van der Waals surface area (Å²) in [5.74, 6) is -1.73. The molecule has 2 aromatic rings. The molecule has 152 valence electrons. The Morgan fingerprint density at radius 2 is 1.93 bits per heavy atom. The average molecular weight is 474 g/mol. The van der Waals surface area contributed by atoms with Gasteiger partial charge in [-0.15, -0.1) is 0 Å². The number of halogens is 2. The number of nitriles is 1. The van der Waals surface area contributed by atoms with Gasteiger partial charge in [-0.2, -0.15) is 5.26 Å². The summed E-state index contributed by atoms with van der Waals surface area (Å²) < 4.78 is 24.2. The molecule has 0 aliphatic carbocycles. The third-order valence-corrected chi connectivity index (χ3v) is 4.62. The highest BCUT2D eigenvalue weighted by molar-refractivity contribution is 9.10. The summed E-state index contributed by atoms with van der Waals surface area (Å²) in [5.41, 5.74) is 0.199. The molecule has 30 heavy (non-hydrogen) atoms. The number of hydrogen-bond donors (Lipinski definition) is 1. The molecule has 3 rings (SSSR count). The van der Waals surface area contributed by atoms with Crippen LogP contribution in [0.3, 0.4) is 0 Å². The fourth-order valence-electron chi connectivity index (χ4n) is 2.72. The van der Waals surface area contributed by atoms with Gasteiger partial charge in [-0.25, -0.2) is 14.1 Å². The van der Waals surface area contributed by atoms with Crippen LogP contribution in [0.15, 0.2) is 46.4 Å². The molecule has 1 aliphatic heterocycles. The molecule has 4 amide bonds. The molecule has 1 fully saturated rings. The van der Waals surface area contributed by atoms with Crippen molar-refractivity contribution in [1.82, 2.24) is 5.32 Å². The lowest BCUT2D eigenvalue weighted by atomic mass is 10.1. The number of methoxy groups -OCH3 is 1. The summed E-state index contributed by atoms with van der Waals surface area (Å²) in [6.45, 7) is -0.203. The number of barbiturate groups is 1. The third-order valence-electron chi connectivity index (χ3n) is 4.03. The van der Waals surface area contributed by atoms with E-state index in [-0.39, 0.29) is 29.4 Å². The minimum atomic E-state index is -0.937. The van der Waals surface area contributed by atoms with Crippen LogP contribution in [0.5, 0.6) is 11.5 Å². The summed E-state index contributed by atoms with van der Waals surface area (Å²) in [6, 6.07) is 8.66. The van der Waals surface area contributed by atoms with Crippen LogP contribution >= 0.6 is 15.9 Å². The van der Waals surface area contributed by atoms with E-state index in [2.05, 4.69) is 21.2 Å². The quantitative estimate of drug-likeness (QED) is 0.527. The Bertz CT molecular complexity index is 1110. The number of nitrogens with zero attached hydrogens (tertiary/aromatic N) is 2. The van der Waals surface area contributed by atoms with Crippen LogP contribution in [0.2, 0.25) is 0 Å². The minimum absolute atomic E-state index is 0.108. The molecule has 0 spiro atoms. The van der Waals surface area contributed by atoms with Gasteiger partial charge in [0, 0.05) is 0 Å². The van der Waals surface area contributed by atoms with E-state index in [4.69, 9.17) is 14.7 Å². The second-order valence-corrected chi connectivity index (χ2v) is 6.77. The van der Waals surface area contributed by atoms with Crippen molar-refractivity contribution in [3.8, 4) is 17.6 Å². The Morgan fingerprint density at radius 1 is 1.23 bits per heavy atom. The summed E-state index contributed by atoms with van der Waals surface area (Å²) in [5, 5.41) is 10.8. The number of anilines is 1. The highest BCUT2D eigenvalue weighted by Gasteiger charge is 2.36. The lowest BCUT2D eigenvalue weighted by Crippen LogP contribution is -2.54. The van der Waals surface area contributed by atoms with Gasteiger partial charge < -0.3 is 9.47 Å². The zero-order valence-electron chi connectivity index (χ0n) is 15.4. The normalized spacial score (nSPS) is 15.1. The van der Waals surface area contributed by atoms with E-state index in [1.807, 2.05) is 6.07 Å². The molecule has 1 saturated heterocycles. The number of nitrogens with one attached hydrogen (secondary N) is 1. The summed E-state index contributed by atoms with van der Waals surface area (Å²) in [4.78, 5) is 38.1. The van der Waals surface area contributed by atoms with E-state index in [0.717, 1.165) is 17.0 Å². The zero-order valence-corrected chi connectivity index (χ0v) is 17.0. The van der Waals surface area contributed by atoms with Crippen LogP contribution < -0.4 is 19.7 Å². The maximum absolute atomic E-state index is 13.2. The molecule has 1 N–H and O–H groups in total. The van der Waals surface area contributed by atoms with E-state index in [9.17, 15) is 18.8 Å². The van der Waals surface area contributed by atoms with Gasteiger partial charge >= 0.3 is 6.03 Å². The fraction of sp³-hybridized carbons (Fsp3) is 0.100. The molecule has 1 aliphatic rings. The second kappa shape index (κ2) is 8.75. The Hall–Kier alpha value is -3.71. The second-order valence-electron chi connectivity index (χ2n) is 5.92. The van der Waals surface area contributed by atoms with Crippen molar-refractivity contribution in [2.45, 2.75) is 0 Å². The molecular weight excluding hydrogens is 461 g/mol. The van der Waals surface area contributed by atoms with Crippen molar-refractivity contribution >= 4 is 45.5 Å². The number of carbonyl (C=O) groups is 3. The highest BCUT2D eigenvalue weighted by Crippen LogP contribution is 2.37. The number of ether oxygens (including phenoxy) is 2. The number of benzene rings is 2. The van der Waals surface area contributed by atoms with E-state index in [0.29, 0.717) is 10.0 Å². The molecule has 0 radical (unpaired) electrons. The van der Waals surface area contributed by atoms with Crippen molar-refractivity contribution in [3.05, 3.63) is 57.8 Å². The molecule has 1 heterocycles. The molecular formula is C20H13BrFN3O5. The maximum Gasteiger partial charge on any atom is 0.335 e. The smallest absolute Gasteiger partial charge is 0.335 e. The van der Waals surface area contributed by atoms with Crippen LogP contribution in [0.25, 0.3) is 6.08 Å². The van der Waals surface area contributed by atoms with Gasteiger partial charge in [0.05, 0.1) is 17.3 Å². The first-order valence-electron chi connectivity index (χ1n) is 8.40. The average Bonchev–Trinajstić information content (AvgIpc) is 2.71. The lowest BCUT2D eigenvalue weighted by molar-refractivity contribution is -0.122. The summed E-state index contributed by atoms with van der Waals surface area (Å²) >= 11 is 3.30. The van der Waals surface area contributed by atoms with Crippen LogP contribution in [-0.2, 0) is 9.59 Å². The molecule has 8 nitrogen and oxygen atoms in total. The number of rotatable bonds is 5. The molecule has 0 bridgehead atoms. The number of imide groups is 2. The first-order chi connectivity index (χ1) is 14.3. The summed E-state index contributed by atoms with van der Waals surface area (Å²) in [7, 11) is 1.39. The van der Waals surface area contributed by atoms with Gasteiger partial charge in [-0.3, -0.25) is 14.9 Å². The minimum Gasteiger partial charge on any atom is -0.493 e. The van der Waals surface area contributed by atoms with Crippen molar-refractivity contribution in [3.63, 3.8) is 0 Å². The van der Waals surface area contributed by atoms with Crippen molar-refractivity contribution in [2.24, 2.45) is 0 Å². The first-order valence-corrected chi connectivity index (χ1v) is 9.19. The van der Waals surface area contributed by atoms with E-state index in [1.54, 1.807) is 6.07 Å². The number of urea groups is 1. The van der Waals surface area contributed by atoms with E-state index in [1.165, 1.54) is 31.4 Å². The van der Waals surface area contributed by atoms with Crippen LogP contribution in [0.1, 0.15) is 5.56 Å². The Labute approximate surface area is 178 Å². The lowest BCUT2D eigenvalue weighted by Gasteiger charge is -2.26. The molecule has 2 aromatic carbocycles. The van der Waals surface area contributed by atoms with Crippen molar-refractivity contribution < 1.29 is 28.2 Å². The molecule has 10 heteroatoms. The Morgan fingerprint density at radius 3 is 2.57 bits per heavy atom. The van der Waals surface area contributed by atoms with Crippen LogP contribution in [-0.4, -0.2) is 31.6 Å². The molecule has 0 aromatic heterocycles. The Kier molecular flexibility index (Phi) is 6.13. The van der Waals surface area contributed by atoms with Gasteiger partial charge in [-0.05, 0) is 64.0 Å². The number of hydrogen-bond acceptors (Lipinski definition) is 6. The first kappa shape index (κ1) is 21.0. The van der Waals surface area contributed by atoms with Crippen molar-refractivity contribution in [1.29, 1.82) is 5.26 Å². The number of carbonyl (C=O) groups excluding carboxylic acids is 3. The number of amides is 4. The van der Waals surface area contributed by atoms with E-state index >= 15 is 0 Å². The van der Waals surface area contributed by atoms with Crippen LogP contribution in [0, 0.1) is 17.1 Å². The van der Waals surface area contributed by atoms with Gasteiger partial charge in [0.2, 0.25) is 0 Å². The highest BCUT2D eigenvalue weighted by atomic mass is 79.9. The Balaban J connectivity index is 2.01. The monoisotopic (exact) mass is 473 g/mol. The van der Waals surface area contributed by atoms with Gasteiger partial charge in [0.1, 0.15) is 17.5 Å². The fourth-order valence-corrected chi connectivity index (χ4v) is 3.29. The van der Waals surface area contributed by atoms with Crippen molar-refractivity contribution in [2.75, 3.05) is 18.6 Å². The zero-order chi connectivity index (χ0) is 21.8. The molecule has 0 atom stereocenters. The predicted octanol–water partition coefficient (Wildman–Crippen LogP) is 3.17. The SMILES string of the molecule is COc1cc(/C=C2\C(=O)NC(=O)N(c3ccc(F)cc3)C2=O)cc(Br)c1OCC#N. The van der Waals surface area contributed by atoms with Gasteiger partial charge in [-0.1, -0.05) is 0 Å². The molecule has 0 saturated carbocycles. The topological polar surface area (TPSA) is 109 Å². The summed E-state index contributed by atoms with van der Waals surface area (Å²) in [6.07, 6.45) is 1.28. The van der Waals surface area contributed by atoms with Crippen LogP contribution in [0.4, 0.5) is 14.9 Å². The van der Waals surface area contributed by atoms with Gasteiger partial charge in [0.15, 0.2) is 18.1 Å².